The van der Waals surface area contributed by atoms with Gasteiger partial charge in [0.05, 0.1) is 16.7 Å². The molecule has 0 N–H and O–H groups in total. The smallest absolute Gasteiger partial charge is 0.0541 e. The van der Waals surface area contributed by atoms with Crippen molar-refractivity contribution in [1.82, 2.24) is 4.57 Å². The van der Waals surface area contributed by atoms with Crippen LogP contribution in [0, 0.1) is 0 Å². The lowest BCUT2D eigenvalue weighted by Crippen LogP contribution is -2.23. The van der Waals surface area contributed by atoms with Gasteiger partial charge >= 0.3 is 0 Å². The predicted octanol–water partition coefficient (Wildman–Crippen LogP) is 16.8. The highest BCUT2D eigenvalue weighted by Gasteiger charge is 2.41. The van der Waals surface area contributed by atoms with Crippen LogP contribution in [0.2, 0.25) is 0 Å². The lowest BCUT2D eigenvalue weighted by molar-refractivity contribution is 0.490. The van der Waals surface area contributed by atoms with E-state index in [9.17, 15) is 0 Å². The molecule has 10 aromatic rings. The Bertz CT molecular complexity index is 3190. The van der Waals surface area contributed by atoms with Gasteiger partial charge in [-0.1, -0.05) is 184 Å². The van der Waals surface area contributed by atoms with Gasteiger partial charge in [0.25, 0.3) is 0 Å². The lowest BCUT2D eigenvalue weighted by Gasteiger charge is -2.32. The summed E-state index contributed by atoms with van der Waals surface area (Å²) in [6.45, 7) is 4.71. The first-order valence-corrected chi connectivity index (χ1v) is 22.3. The quantitative estimate of drug-likeness (QED) is 0.125. The first-order chi connectivity index (χ1) is 31.1. The van der Waals surface area contributed by atoms with Crippen LogP contribution in [-0.2, 0) is 5.41 Å². The van der Waals surface area contributed by atoms with E-state index in [1.165, 1.54) is 88.8 Å². The number of nitrogens with zero attached hydrogens (tertiary/aromatic N) is 2. The summed E-state index contributed by atoms with van der Waals surface area (Å²) in [5.41, 5.74) is 19.7. The number of fused-ring (bicyclic) bond motifs is 6. The minimum Gasteiger partial charge on any atom is -0.310 e. The van der Waals surface area contributed by atoms with Crippen molar-refractivity contribution in [2.45, 2.75) is 32.1 Å². The number of hydrogen-bond donors (Lipinski definition) is 0. The van der Waals surface area contributed by atoms with E-state index in [2.05, 4.69) is 254 Å². The zero-order valence-electron chi connectivity index (χ0n) is 35.7. The summed E-state index contributed by atoms with van der Waals surface area (Å²) in [5.74, 6) is 0. The molecule has 11 rings (SSSR count). The maximum atomic E-state index is 2.46. The van der Waals surface area contributed by atoms with Gasteiger partial charge in [0.1, 0.15) is 0 Å². The van der Waals surface area contributed by atoms with Crippen LogP contribution in [0.1, 0.15) is 48.9 Å². The topological polar surface area (TPSA) is 8.17 Å². The SMILES string of the molecule is CCC1(CC)c2cc(/C=C/c3ccc(-c4cc(-c5ccccc5)ccc4-n4c5ccccc5c5ccccc54)cc3)ccc2-c2ccc(N(c3ccccc3)c3ccccc3)cc21. The molecular weight excluding hydrogens is 761 g/mol. The molecule has 1 heterocycles. The number of rotatable bonds is 10. The van der Waals surface area contributed by atoms with Crippen molar-refractivity contribution in [2.75, 3.05) is 4.90 Å². The predicted molar refractivity (Wildman–Crippen MR) is 269 cm³/mol. The van der Waals surface area contributed by atoms with E-state index in [4.69, 9.17) is 0 Å². The van der Waals surface area contributed by atoms with Crippen LogP contribution in [0.25, 0.3) is 73.0 Å². The Balaban J connectivity index is 0.939. The second-order valence-electron chi connectivity index (χ2n) is 16.8. The number of benzene rings is 9. The van der Waals surface area contributed by atoms with Gasteiger partial charge in [-0.05, 0) is 124 Å². The molecule has 0 saturated heterocycles. The molecule has 0 unspecified atom stereocenters. The zero-order chi connectivity index (χ0) is 42.3. The van der Waals surface area contributed by atoms with Crippen LogP contribution in [0.3, 0.4) is 0 Å². The second-order valence-corrected chi connectivity index (χ2v) is 16.8. The fourth-order valence-corrected chi connectivity index (χ4v) is 10.3. The second kappa shape index (κ2) is 16.0. The highest BCUT2D eigenvalue weighted by Crippen LogP contribution is 2.54. The molecule has 0 radical (unpaired) electrons. The molecule has 0 aliphatic heterocycles. The molecule has 2 nitrogen and oxygen atoms in total. The van der Waals surface area contributed by atoms with Gasteiger partial charge < -0.3 is 9.47 Å². The standard InChI is InChI=1S/C61H48N2/c1-3-61(4-2)56-40-44(32-37-51(56)52-38-36-50(42-57(52)61)62(48-20-10-6-11-21-48)49-22-12-7-13-23-49)29-28-43-30-33-46(34-31-43)55-41-47(45-18-8-5-9-19-45)35-39-60(55)63-58-26-16-14-24-53(58)54-25-15-17-27-59(54)63/h5-42H,3-4H2,1-2H3/b29-28+. The summed E-state index contributed by atoms with van der Waals surface area (Å²) in [6, 6.07) is 79.9. The van der Waals surface area contributed by atoms with Gasteiger partial charge in [-0.25, -0.2) is 0 Å². The number of anilines is 3. The van der Waals surface area contributed by atoms with E-state index in [0.717, 1.165) is 24.2 Å². The molecule has 0 atom stereocenters. The molecule has 63 heavy (non-hydrogen) atoms. The molecule has 1 aliphatic rings. The van der Waals surface area contributed by atoms with Crippen LogP contribution < -0.4 is 4.90 Å². The van der Waals surface area contributed by atoms with Crippen LogP contribution in [0.4, 0.5) is 17.1 Å². The van der Waals surface area contributed by atoms with E-state index in [1.807, 2.05) is 0 Å². The van der Waals surface area contributed by atoms with Gasteiger partial charge in [-0.2, -0.15) is 0 Å². The Morgan fingerprint density at radius 3 is 1.52 bits per heavy atom. The molecule has 9 aromatic carbocycles. The highest BCUT2D eigenvalue weighted by atomic mass is 15.1. The molecule has 2 heteroatoms. The molecular formula is C61H48N2. The summed E-state index contributed by atoms with van der Waals surface area (Å²) in [7, 11) is 0. The molecule has 0 saturated carbocycles. The molecule has 0 spiro atoms. The van der Waals surface area contributed by atoms with Crippen LogP contribution in [0.5, 0.6) is 0 Å². The first-order valence-electron chi connectivity index (χ1n) is 22.3. The Kier molecular flexibility index (Phi) is 9.70. The Hall–Kier alpha value is -7.68. The van der Waals surface area contributed by atoms with Crippen LogP contribution in [0.15, 0.2) is 218 Å². The van der Waals surface area contributed by atoms with Gasteiger partial charge in [0, 0.05) is 38.8 Å². The average molecular weight is 809 g/mol. The van der Waals surface area contributed by atoms with E-state index >= 15 is 0 Å². The van der Waals surface area contributed by atoms with E-state index in [0.29, 0.717) is 0 Å². The van der Waals surface area contributed by atoms with Gasteiger partial charge in [-0.3, -0.25) is 0 Å². The average Bonchev–Trinajstić information content (AvgIpc) is 3.84. The fourth-order valence-electron chi connectivity index (χ4n) is 10.3. The summed E-state index contributed by atoms with van der Waals surface area (Å²) in [6.07, 6.45) is 6.60. The number of para-hydroxylation sites is 4. The maximum Gasteiger partial charge on any atom is 0.0541 e. The molecule has 1 aliphatic carbocycles. The third kappa shape index (κ3) is 6.58. The maximum absolute atomic E-state index is 2.46. The third-order valence-electron chi connectivity index (χ3n) is 13.5. The van der Waals surface area contributed by atoms with Gasteiger partial charge in [0.2, 0.25) is 0 Å². The first kappa shape index (κ1) is 38.3. The Labute approximate surface area is 370 Å². The Morgan fingerprint density at radius 1 is 0.397 bits per heavy atom. The molecule has 0 amide bonds. The minimum absolute atomic E-state index is 0.0758. The molecule has 1 aromatic heterocycles. The van der Waals surface area contributed by atoms with Gasteiger partial charge in [0.15, 0.2) is 0 Å². The molecule has 0 fully saturated rings. The highest BCUT2D eigenvalue weighted by molar-refractivity contribution is 6.10. The van der Waals surface area contributed by atoms with Crippen LogP contribution in [-0.4, -0.2) is 4.57 Å². The summed E-state index contributed by atoms with van der Waals surface area (Å²) in [5, 5.41) is 2.53. The van der Waals surface area contributed by atoms with Crippen molar-refractivity contribution < 1.29 is 0 Å². The monoisotopic (exact) mass is 808 g/mol. The van der Waals surface area contributed by atoms with Crippen molar-refractivity contribution in [3.8, 4) is 39.1 Å². The normalized spacial score (nSPS) is 12.8. The van der Waals surface area contributed by atoms with Crippen molar-refractivity contribution in [2.24, 2.45) is 0 Å². The molecule has 0 bridgehead atoms. The van der Waals surface area contributed by atoms with Crippen molar-refractivity contribution in [3.05, 3.63) is 241 Å². The summed E-state index contributed by atoms with van der Waals surface area (Å²) >= 11 is 0. The zero-order valence-corrected chi connectivity index (χ0v) is 35.7. The molecule has 302 valence electrons. The van der Waals surface area contributed by atoms with E-state index in [-0.39, 0.29) is 5.41 Å². The summed E-state index contributed by atoms with van der Waals surface area (Å²) in [4.78, 5) is 2.38. The fraction of sp³-hybridized carbons (Fsp3) is 0.0820. The minimum atomic E-state index is -0.0758. The lowest BCUT2D eigenvalue weighted by atomic mass is 9.73. The van der Waals surface area contributed by atoms with Gasteiger partial charge in [-0.15, -0.1) is 0 Å². The van der Waals surface area contributed by atoms with E-state index in [1.54, 1.807) is 0 Å². The number of hydrogen-bond acceptors (Lipinski definition) is 1. The van der Waals surface area contributed by atoms with Crippen molar-refractivity contribution in [1.29, 1.82) is 0 Å². The number of aromatic nitrogens is 1. The largest absolute Gasteiger partial charge is 0.310 e. The van der Waals surface area contributed by atoms with Crippen LogP contribution >= 0.6 is 0 Å². The van der Waals surface area contributed by atoms with E-state index < -0.39 is 0 Å². The third-order valence-corrected chi connectivity index (χ3v) is 13.5. The summed E-state index contributed by atoms with van der Waals surface area (Å²) < 4.78 is 2.44. The van der Waals surface area contributed by atoms with Crippen molar-refractivity contribution >= 4 is 51.0 Å². The van der Waals surface area contributed by atoms with Crippen molar-refractivity contribution in [3.63, 3.8) is 0 Å². The Morgan fingerprint density at radius 2 is 0.905 bits per heavy atom.